The molecule has 0 aliphatic heterocycles. The molecule has 2 aromatic rings. The highest BCUT2D eigenvalue weighted by molar-refractivity contribution is 7.86. The zero-order valence-electron chi connectivity index (χ0n) is 18.2. The summed E-state index contributed by atoms with van der Waals surface area (Å²) in [6.45, 7) is 2.55. The number of carbonyl (C=O) groups is 1. The van der Waals surface area contributed by atoms with Gasteiger partial charge in [0.25, 0.3) is 10.1 Å². The van der Waals surface area contributed by atoms with Gasteiger partial charge in [-0.15, -0.1) is 0 Å². The summed E-state index contributed by atoms with van der Waals surface area (Å²) in [4.78, 5) is 12.1. The Morgan fingerprint density at radius 2 is 1.52 bits per heavy atom. The quantitative estimate of drug-likeness (QED) is 0.236. The van der Waals surface area contributed by atoms with Crippen LogP contribution in [0, 0.1) is 0 Å². The van der Waals surface area contributed by atoms with E-state index in [-0.39, 0.29) is 12.7 Å². The molecule has 170 valence electrons. The van der Waals surface area contributed by atoms with Gasteiger partial charge in [0.15, 0.2) is 0 Å². The van der Waals surface area contributed by atoms with Gasteiger partial charge in [0.1, 0.15) is 12.7 Å². The van der Waals surface area contributed by atoms with Crippen LogP contribution < -0.4 is 0 Å². The number of unbranched alkanes of at least 4 members (excludes halogenated alkanes) is 2. The fourth-order valence-electron chi connectivity index (χ4n) is 3.11. The monoisotopic (exact) mass is 448 g/mol. The number of esters is 1. The lowest BCUT2D eigenvalue weighted by atomic mass is 10.1. The van der Waals surface area contributed by atoms with Crippen LogP contribution in [0.1, 0.15) is 54.9 Å². The molecule has 0 bridgehead atoms. The van der Waals surface area contributed by atoms with Crippen molar-refractivity contribution in [1.29, 1.82) is 0 Å². The van der Waals surface area contributed by atoms with Crippen LogP contribution in [0.4, 0.5) is 0 Å². The van der Waals surface area contributed by atoms with E-state index in [0.29, 0.717) is 18.6 Å². The Balaban J connectivity index is 1.68. The molecule has 0 heterocycles. The number of carbonyl (C=O) groups excluding carboxylic acids is 1. The lowest BCUT2D eigenvalue weighted by Crippen LogP contribution is -2.25. The molecule has 0 radical (unpaired) electrons. The van der Waals surface area contributed by atoms with Crippen molar-refractivity contribution in [2.75, 3.05) is 12.9 Å². The van der Waals surface area contributed by atoms with Crippen LogP contribution in [0.15, 0.2) is 60.7 Å². The van der Waals surface area contributed by atoms with Gasteiger partial charge < -0.3 is 9.47 Å². The Hall–Kier alpha value is -2.22. The molecule has 0 saturated heterocycles. The molecule has 0 aromatic heterocycles. The van der Waals surface area contributed by atoms with Gasteiger partial charge in [-0.1, -0.05) is 67.8 Å². The van der Waals surface area contributed by atoms with Crippen LogP contribution in [0.25, 0.3) is 0 Å². The number of hydrogen-bond acceptors (Lipinski definition) is 6. The van der Waals surface area contributed by atoms with Gasteiger partial charge in [0, 0.05) is 0 Å². The molecule has 7 heteroatoms. The molecular weight excluding hydrogens is 416 g/mol. The first kappa shape index (κ1) is 25.0. The molecule has 0 saturated carbocycles. The highest BCUT2D eigenvalue weighted by Gasteiger charge is 2.18. The van der Waals surface area contributed by atoms with Crippen LogP contribution in [0.5, 0.6) is 0 Å². The van der Waals surface area contributed by atoms with E-state index in [1.54, 1.807) is 30.3 Å². The summed E-state index contributed by atoms with van der Waals surface area (Å²) in [5.74, 6) is -0.493. The predicted molar refractivity (Wildman–Crippen MR) is 120 cm³/mol. The van der Waals surface area contributed by atoms with E-state index in [1.165, 1.54) is 0 Å². The highest BCUT2D eigenvalue weighted by atomic mass is 32.2. The van der Waals surface area contributed by atoms with Crippen LogP contribution in [0.2, 0.25) is 0 Å². The second kappa shape index (κ2) is 13.2. The van der Waals surface area contributed by atoms with E-state index in [4.69, 9.17) is 13.7 Å². The van der Waals surface area contributed by atoms with E-state index in [0.717, 1.165) is 37.5 Å². The molecule has 31 heavy (non-hydrogen) atoms. The molecule has 0 amide bonds. The lowest BCUT2D eigenvalue weighted by Gasteiger charge is -2.17. The Bertz CT molecular complexity index is 867. The molecule has 2 atom stereocenters. The summed E-state index contributed by atoms with van der Waals surface area (Å²) in [5, 5.41) is 0. The second-order valence-electron chi connectivity index (χ2n) is 7.63. The standard InChI is InChI=1S/C24H32O6S/c1-20(28-18-21-13-7-4-8-14-21)12-6-3-11-17-23(30-31(2,26)27)19-29-24(25)22-15-9-5-10-16-22/h4-5,7-10,13-16,20,23H,3,6,11-12,17-19H2,1-2H3/t20-,23+/m1/s1. The SMILES string of the molecule is C[C@H](CCCCC[C@@H](COC(=O)c1ccccc1)OS(C)(=O)=O)OCc1ccccc1. The average molecular weight is 449 g/mol. The van der Waals surface area contributed by atoms with Crippen molar-refractivity contribution in [2.45, 2.75) is 57.8 Å². The molecule has 0 spiro atoms. The molecule has 0 N–H and O–H groups in total. The van der Waals surface area contributed by atoms with Crippen LogP contribution in [-0.4, -0.2) is 39.5 Å². The van der Waals surface area contributed by atoms with Crippen molar-refractivity contribution >= 4 is 16.1 Å². The van der Waals surface area contributed by atoms with Gasteiger partial charge in [-0.2, -0.15) is 8.42 Å². The third-order valence-corrected chi connectivity index (χ3v) is 5.36. The first-order valence-corrected chi connectivity index (χ1v) is 12.4. The van der Waals surface area contributed by atoms with Crippen LogP contribution in [-0.2, 0) is 30.4 Å². The van der Waals surface area contributed by atoms with Gasteiger partial charge >= 0.3 is 5.97 Å². The zero-order chi connectivity index (χ0) is 22.5. The highest BCUT2D eigenvalue weighted by Crippen LogP contribution is 2.14. The van der Waals surface area contributed by atoms with Gasteiger partial charge in [0.2, 0.25) is 0 Å². The van der Waals surface area contributed by atoms with Crippen molar-refractivity contribution in [3.05, 3.63) is 71.8 Å². The summed E-state index contributed by atoms with van der Waals surface area (Å²) in [6, 6.07) is 18.6. The van der Waals surface area contributed by atoms with E-state index in [2.05, 4.69) is 6.92 Å². The molecular formula is C24H32O6S. The number of ether oxygens (including phenoxy) is 2. The van der Waals surface area contributed by atoms with Gasteiger partial charge in [-0.25, -0.2) is 4.79 Å². The van der Waals surface area contributed by atoms with Crippen LogP contribution in [0.3, 0.4) is 0 Å². The van der Waals surface area contributed by atoms with Crippen molar-refractivity contribution in [3.8, 4) is 0 Å². The molecule has 2 rings (SSSR count). The van der Waals surface area contributed by atoms with Gasteiger partial charge in [-0.05, 0) is 37.5 Å². The van der Waals surface area contributed by atoms with E-state index in [9.17, 15) is 13.2 Å². The normalized spacial score (nSPS) is 13.5. The molecule has 0 aliphatic rings. The topological polar surface area (TPSA) is 78.9 Å². The van der Waals surface area contributed by atoms with Crippen molar-refractivity contribution in [3.63, 3.8) is 0 Å². The summed E-state index contributed by atoms with van der Waals surface area (Å²) >= 11 is 0. The first-order valence-electron chi connectivity index (χ1n) is 10.6. The fraction of sp³-hybridized carbons (Fsp3) is 0.458. The van der Waals surface area contributed by atoms with Crippen molar-refractivity contribution in [2.24, 2.45) is 0 Å². The average Bonchev–Trinajstić information content (AvgIpc) is 2.75. The Kier molecular flexibility index (Phi) is 10.7. The van der Waals surface area contributed by atoms with Gasteiger partial charge in [0.05, 0.1) is 24.5 Å². The summed E-state index contributed by atoms with van der Waals surface area (Å²) in [5.41, 5.74) is 1.57. The second-order valence-corrected chi connectivity index (χ2v) is 9.23. The predicted octanol–water partition coefficient (Wildman–Crippen LogP) is 4.74. The van der Waals surface area contributed by atoms with Crippen LogP contribution >= 0.6 is 0 Å². The van der Waals surface area contributed by atoms with Crippen molar-refractivity contribution < 1.29 is 26.9 Å². The zero-order valence-corrected chi connectivity index (χ0v) is 19.1. The molecule has 0 unspecified atom stereocenters. The first-order chi connectivity index (χ1) is 14.8. The van der Waals surface area contributed by atoms with Crippen molar-refractivity contribution in [1.82, 2.24) is 0 Å². The Morgan fingerprint density at radius 3 is 2.16 bits per heavy atom. The summed E-state index contributed by atoms with van der Waals surface area (Å²) in [7, 11) is -3.64. The largest absolute Gasteiger partial charge is 0.459 e. The minimum atomic E-state index is -3.64. The number of rotatable bonds is 14. The Morgan fingerprint density at radius 1 is 0.903 bits per heavy atom. The molecule has 0 aliphatic carbocycles. The minimum Gasteiger partial charge on any atom is -0.459 e. The summed E-state index contributed by atoms with van der Waals surface area (Å²) < 4.78 is 39.3. The third kappa shape index (κ3) is 11.1. The lowest BCUT2D eigenvalue weighted by molar-refractivity contribution is 0.0300. The Labute approximate surface area is 185 Å². The van der Waals surface area contributed by atoms with E-state index < -0.39 is 22.2 Å². The fourth-order valence-corrected chi connectivity index (χ4v) is 3.76. The van der Waals surface area contributed by atoms with E-state index >= 15 is 0 Å². The molecule has 0 fully saturated rings. The maximum atomic E-state index is 12.1. The number of benzene rings is 2. The smallest absolute Gasteiger partial charge is 0.338 e. The van der Waals surface area contributed by atoms with E-state index in [1.807, 2.05) is 30.3 Å². The third-order valence-electron chi connectivity index (χ3n) is 4.73. The maximum absolute atomic E-state index is 12.1. The molecule has 6 nitrogen and oxygen atoms in total. The number of hydrogen-bond donors (Lipinski definition) is 0. The maximum Gasteiger partial charge on any atom is 0.338 e. The minimum absolute atomic E-state index is 0.0998. The summed E-state index contributed by atoms with van der Waals surface area (Å²) in [6.07, 6.45) is 4.53. The van der Waals surface area contributed by atoms with Gasteiger partial charge in [-0.3, -0.25) is 4.18 Å². The molecule has 2 aromatic carbocycles.